The maximum absolute atomic E-state index is 10.7. The molecule has 0 aliphatic heterocycles. The SMILES string of the molecule is Cc1c(-c2nnc(SCC(=O)O)n2CC(C)C)cnn1C. The van der Waals surface area contributed by atoms with Gasteiger partial charge in [-0.1, -0.05) is 25.6 Å². The second-order valence-electron chi connectivity index (χ2n) is 5.26. The van der Waals surface area contributed by atoms with E-state index in [0.29, 0.717) is 11.1 Å². The summed E-state index contributed by atoms with van der Waals surface area (Å²) in [5, 5.41) is 22.1. The third-order valence-corrected chi connectivity index (χ3v) is 4.02. The molecule has 2 heterocycles. The van der Waals surface area contributed by atoms with Gasteiger partial charge in [0, 0.05) is 19.3 Å². The van der Waals surface area contributed by atoms with E-state index in [-0.39, 0.29) is 5.75 Å². The highest BCUT2D eigenvalue weighted by Crippen LogP contribution is 2.26. The highest BCUT2D eigenvalue weighted by Gasteiger charge is 2.19. The fourth-order valence-electron chi connectivity index (χ4n) is 1.97. The largest absolute Gasteiger partial charge is 0.481 e. The molecule has 114 valence electrons. The monoisotopic (exact) mass is 309 g/mol. The normalized spacial score (nSPS) is 11.3. The molecule has 8 heteroatoms. The molecular formula is C13H19N5O2S. The first-order valence-electron chi connectivity index (χ1n) is 6.67. The third-order valence-electron chi connectivity index (χ3n) is 3.07. The van der Waals surface area contributed by atoms with Gasteiger partial charge >= 0.3 is 5.97 Å². The highest BCUT2D eigenvalue weighted by molar-refractivity contribution is 7.99. The fraction of sp³-hybridized carbons (Fsp3) is 0.538. The Balaban J connectivity index is 2.41. The van der Waals surface area contributed by atoms with E-state index < -0.39 is 5.97 Å². The third kappa shape index (κ3) is 3.44. The Morgan fingerprint density at radius 1 is 1.43 bits per heavy atom. The number of hydrogen-bond donors (Lipinski definition) is 1. The molecule has 0 fully saturated rings. The topological polar surface area (TPSA) is 85.8 Å². The molecule has 0 aliphatic rings. The van der Waals surface area contributed by atoms with Crippen molar-refractivity contribution in [2.45, 2.75) is 32.5 Å². The summed E-state index contributed by atoms with van der Waals surface area (Å²) in [6, 6.07) is 0. The molecule has 2 aromatic heterocycles. The van der Waals surface area contributed by atoms with Gasteiger partial charge in [-0.15, -0.1) is 10.2 Å². The van der Waals surface area contributed by atoms with Crippen molar-refractivity contribution in [2.75, 3.05) is 5.75 Å². The van der Waals surface area contributed by atoms with Crippen molar-refractivity contribution in [3.63, 3.8) is 0 Å². The molecule has 0 bridgehead atoms. The van der Waals surface area contributed by atoms with E-state index in [1.807, 2.05) is 18.5 Å². The molecule has 0 saturated carbocycles. The molecule has 0 amide bonds. The number of hydrogen-bond acceptors (Lipinski definition) is 5. The summed E-state index contributed by atoms with van der Waals surface area (Å²) in [4.78, 5) is 10.7. The second-order valence-corrected chi connectivity index (χ2v) is 6.20. The Kier molecular flexibility index (Phi) is 4.66. The summed E-state index contributed by atoms with van der Waals surface area (Å²) in [5.74, 6) is 0.253. The summed E-state index contributed by atoms with van der Waals surface area (Å²) >= 11 is 1.19. The Hall–Kier alpha value is -1.83. The van der Waals surface area contributed by atoms with Crippen LogP contribution in [0.2, 0.25) is 0 Å². The molecule has 0 aromatic carbocycles. The summed E-state index contributed by atoms with van der Waals surface area (Å²) in [5.41, 5.74) is 1.93. The summed E-state index contributed by atoms with van der Waals surface area (Å²) in [6.07, 6.45) is 1.77. The van der Waals surface area contributed by atoms with Crippen molar-refractivity contribution in [3.05, 3.63) is 11.9 Å². The van der Waals surface area contributed by atoms with E-state index in [1.165, 1.54) is 11.8 Å². The summed E-state index contributed by atoms with van der Waals surface area (Å²) in [6.45, 7) is 6.91. The van der Waals surface area contributed by atoms with Crippen LogP contribution in [0.4, 0.5) is 0 Å². The number of carboxylic acid groups (broad SMARTS) is 1. The van der Waals surface area contributed by atoms with Crippen LogP contribution in [-0.4, -0.2) is 41.4 Å². The van der Waals surface area contributed by atoms with Crippen molar-refractivity contribution in [1.29, 1.82) is 0 Å². The molecule has 7 nitrogen and oxygen atoms in total. The lowest BCUT2D eigenvalue weighted by Gasteiger charge is -2.11. The summed E-state index contributed by atoms with van der Waals surface area (Å²) in [7, 11) is 1.88. The Labute approximate surface area is 127 Å². The molecule has 0 atom stereocenters. The van der Waals surface area contributed by atoms with Crippen molar-refractivity contribution in [2.24, 2.45) is 13.0 Å². The maximum atomic E-state index is 10.7. The number of rotatable bonds is 6. The highest BCUT2D eigenvalue weighted by atomic mass is 32.2. The average molecular weight is 309 g/mol. The standard InChI is InChI=1S/C13H19N5O2S/c1-8(2)6-18-12(10-5-14-17(4)9(10)3)15-16-13(18)21-7-11(19)20/h5,8H,6-7H2,1-4H3,(H,19,20). The van der Waals surface area contributed by atoms with Gasteiger partial charge in [0.2, 0.25) is 0 Å². The van der Waals surface area contributed by atoms with Crippen molar-refractivity contribution in [3.8, 4) is 11.4 Å². The van der Waals surface area contributed by atoms with Crippen molar-refractivity contribution >= 4 is 17.7 Å². The van der Waals surface area contributed by atoms with Crippen LogP contribution in [0.25, 0.3) is 11.4 Å². The first kappa shape index (κ1) is 15.6. The van der Waals surface area contributed by atoms with Crippen LogP contribution in [0.15, 0.2) is 11.4 Å². The number of carbonyl (C=O) groups is 1. The minimum atomic E-state index is -0.863. The van der Waals surface area contributed by atoms with Gasteiger partial charge in [0.1, 0.15) is 0 Å². The van der Waals surface area contributed by atoms with E-state index in [2.05, 4.69) is 29.1 Å². The molecule has 2 rings (SSSR count). The minimum Gasteiger partial charge on any atom is -0.481 e. The van der Waals surface area contributed by atoms with Crippen LogP contribution in [0.1, 0.15) is 19.5 Å². The molecule has 2 aromatic rings. The van der Waals surface area contributed by atoms with Gasteiger partial charge < -0.3 is 9.67 Å². The fourth-order valence-corrected chi connectivity index (χ4v) is 2.64. The van der Waals surface area contributed by atoms with E-state index in [9.17, 15) is 4.79 Å². The van der Waals surface area contributed by atoms with Gasteiger partial charge in [-0.25, -0.2) is 0 Å². The summed E-state index contributed by atoms with van der Waals surface area (Å²) < 4.78 is 3.76. The van der Waals surface area contributed by atoms with Crippen LogP contribution >= 0.6 is 11.8 Å². The zero-order valence-corrected chi connectivity index (χ0v) is 13.4. The van der Waals surface area contributed by atoms with E-state index >= 15 is 0 Å². The van der Waals surface area contributed by atoms with Gasteiger partial charge in [-0.3, -0.25) is 9.48 Å². The van der Waals surface area contributed by atoms with E-state index in [0.717, 1.165) is 23.6 Å². The molecule has 21 heavy (non-hydrogen) atoms. The van der Waals surface area contributed by atoms with Gasteiger partial charge in [0.05, 0.1) is 17.5 Å². The Morgan fingerprint density at radius 2 is 2.14 bits per heavy atom. The Bertz CT molecular complexity index is 647. The molecular weight excluding hydrogens is 290 g/mol. The van der Waals surface area contributed by atoms with Gasteiger partial charge in [0.15, 0.2) is 11.0 Å². The first-order chi connectivity index (χ1) is 9.90. The predicted molar refractivity (Wildman–Crippen MR) is 80.2 cm³/mol. The molecule has 1 N–H and O–H groups in total. The number of carboxylic acids is 1. The van der Waals surface area contributed by atoms with Crippen LogP contribution in [0.3, 0.4) is 0 Å². The van der Waals surface area contributed by atoms with Crippen molar-refractivity contribution in [1.82, 2.24) is 24.5 Å². The maximum Gasteiger partial charge on any atom is 0.313 e. The van der Waals surface area contributed by atoms with Crippen molar-refractivity contribution < 1.29 is 9.90 Å². The quantitative estimate of drug-likeness (QED) is 0.819. The van der Waals surface area contributed by atoms with Gasteiger partial charge in [-0.05, 0) is 12.8 Å². The first-order valence-corrected chi connectivity index (χ1v) is 7.65. The molecule has 0 spiro atoms. The molecule has 0 aliphatic carbocycles. The van der Waals surface area contributed by atoms with Crippen LogP contribution in [0, 0.1) is 12.8 Å². The average Bonchev–Trinajstić information content (AvgIpc) is 2.92. The number of thioether (sulfide) groups is 1. The lowest BCUT2D eigenvalue weighted by Crippen LogP contribution is -2.09. The number of aromatic nitrogens is 5. The van der Waals surface area contributed by atoms with Gasteiger partial charge in [0.25, 0.3) is 0 Å². The Morgan fingerprint density at radius 3 is 2.67 bits per heavy atom. The second kappa shape index (κ2) is 6.30. The zero-order chi connectivity index (χ0) is 15.6. The lowest BCUT2D eigenvalue weighted by atomic mass is 10.2. The number of nitrogens with zero attached hydrogens (tertiary/aromatic N) is 5. The number of aliphatic carboxylic acids is 1. The number of aryl methyl sites for hydroxylation is 1. The van der Waals surface area contributed by atoms with Crippen LogP contribution in [-0.2, 0) is 18.4 Å². The minimum absolute atomic E-state index is 0.0255. The van der Waals surface area contributed by atoms with E-state index in [4.69, 9.17) is 5.11 Å². The predicted octanol–water partition coefficient (Wildman–Crippen LogP) is 1.82. The van der Waals surface area contributed by atoms with Gasteiger partial charge in [-0.2, -0.15) is 5.10 Å². The smallest absolute Gasteiger partial charge is 0.313 e. The lowest BCUT2D eigenvalue weighted by molar-refractivity contribution is -0.133. The zero-order valence-electron chi connectivity index (χ0n) is 12.6. The van der Waals surface area contributed by atoms with E-state index in [1.54, 1.807) is 10.9 Å². The van der Waals surface area contributed by atoms with Crippen LogP contribution in [0.5, 0.6) is 0 Å². The molecule has 0 radical (unpaired) electrons. The molecule has 0 saturated heterocycles. The van der Waals surface area contributed by atoms with Crippen LogP contribution < -0.4 is 0 Å². The molecule has 0 unspecified atom stereocenters.